The first-order valence-corrected chi connectivity index (χ1v) is 6.42. The summed E-state index contributed by atoms with van der Waals surface area (Å²) in [6, 6.07) is 8.91. The predicted molar refractivity (Wildman–Crippen MR) is 69.7 cm³/mol. The van der Waals surface area contributed by atoms with Crippen molar-refractivity contribution in [2.75, 3.05) is 31.6 Å². The molecular weight excluding hydrogens is 228 g/mol. The molecule has 1 N–H and O–H groups in total. The van der Waals surface area contributed by atoms with Gasteiger partial charge in [0.15, 0.2) is 0 Å². The van der Waals surface area contributed by atoms with Gasteiger partial charge in [0.05, 0.1) is 0 Å². The predicted octanol–water partition coefficient (Wildman–Crippen LogP) is 0.813. The fourth-order valence-electron chi connectivity index (χ4n) is 3.34. The van der Waals surface area contributed by atoms with Crippen molar-refractivity contribution in [1.29, 1.82) is 0 Å². The number of para-hydroxylation sites is 1. The number of nitrogens with zero attached hydrogens (tertiary/aromatic N) is 2. The Hall–Kier alpha value is -1.55. The molecule has 2 atom stereocenters. The summed E-state index contributed by atoms with van der Waals surface area (Å²) in [4.78, 5) is 15.7. The summed E-state index contributed by atoms with van der Waals surface area (Å²) in [5, 5.41) is 8.97. The monoisotopic (exact) mass is 246 g/mol. The standard InChI is InChI=1S/C14H18N2O2/c1-15-12-5-3-2-4-10(12)11-8-16(14(18)9-17)7-6-13(11)15/h2-5,11,13,17H,6-9H2,1H3/t11-,13-/m1/s1. The number of likely N-dealkylation sites (tertiary alicyclic amines) is 1. The Kier molecular flexibility index (Phi) is 2.74. The summed E-state index contributed by atoms with van der Waals surface area (Å²) < 4.78 is 0. The van der Waals surface area contributed by atoms with Gasteiger partial charge in [0.2, 0.25) is 5.91 Å². The molecule has 0 bridgehead atoms. The number of amides is 1. The molecule has 0 radical (unpaired) electrons. The van der Waals surface area contributed by atoms with Gasteiger partial charge in [-0.1, -0.05) is 18.2 Å². The SMILES string of the molecule is CN1c2ccccc2[C@H]2CN(C(=O)CO)CC[C@H]21. The number of carbonyl (C=O) groups excluding carboxylic acids is 1. The normalized spacial score (nSPS) is 25.9. The minimum Gasteiger partial charge on any atom is -0.387 e. The van der Waals surface area contributed by atoms with Crippen LogP contribution in [0.1, 0.15) is 17.9 Å². The molecule has 0 aliphatic carbocycles. The van der Waals surface area contributed by atoms with Crippen LogP contribution in [0.3, 0.4) is 0 Å². The van der Waals surface area contributed by atoms with Gasteiger partial charge in [-0.3, -0.25) is 4.79 Å². The summed E-state index contributed by atoms with van der Waals surface area (Å²) in [7, 11) is 2.13. The lowest BCUT2D eigenvalue weighted by Crippen LogP contribution is -2.48. The van der Waals surface area contributed by atoms with Gasteiger partial charge in [0, 0.05) is 37.8 Å². The topological polar surface area (TPSA) is 43.8 Å². The third kappa shape index (κ3) is 1.60. The van der Waals surface area contributed by atoms with Crippen molar-refractivity contribution in [2.45, 2.75) is 18.4 Å². The second-order valence-electron chi connectivity index (χ2n) is 5.13. The number of carbonyl (C=O) groups is 1. The number of anilines is 1. The van der Waals surface area contributed by atoms with E-state index >= 15 is 0 Å². The lowest BCUT2D eigenvalue weighted by Gasteiger charge is -2.37. The maximum atomic E-state index is 11.6. The maximum absolute atomic E-state index is 11.6. The van der Waals surface area contributed by atoms with E-state index < -0.39 is 0 Å². The second-order valence-corrected chi connectivity index (χ2v) is 5.13. The van der Waals surface area contributed by atoms with Crippen LogP contribution in [0.15, 0.2) is 24.3 Å². The molecule has 18 heavy (non-hydrogen) atoms. The number of aliphatic hydroxyl groups excluding tert-OH is 1. The molecule has 96 valence electrons. The third-order valence-corrected chi connectivity index (χ3v) is 4.28. The van der Waals surface area contributed by atoms with Crippen LogP contribution in [-0.2, 0) is 4.79 Å². The van der Waals surface area contributed by atoms with Crippen molar-refractivity contribution in [3.8, 4) is 0 Å². The van der Waals surface area contributed by atoms with Crippen LogP contribution >= 0.6 is 0 Å². The van der Waals surface area contributed by atoms with Crippen LogP contribution in [0.2, 0.25) is 0 Å². The summed E-state index contributed by atoms with van der Waals surface area (Å²) in [6.45, 7) is 1.10. The number of likely N-dealkylation sites (N-methyl/N-ethyl adjacent to an activating group) is 1. The van der Waals surface area contributed by atoms with Crippen molar-refractivity contribution in [2.24, 2.45) is 0 Å². The van der Waals surface area contributed by atoms with Crippen LogP contribution in [0.5, 0.6) is 0 Å². The Balaban J connectivity index is 1.89. The van der Waals surface area contributed by atoms with Crippen molar-refractivity contribution < 1.29 is 9.90 Å². The van der Waals surface area contributed by atoms with Crippen molar-refractivity contribution in [1.82, 2.24) is 4.90 Å². The molecule has 0 spiro atoms. The first kappa shape index (κ1) is 11.5. The molecule has 2 heterocycles. The average molecular weight is 246 g/mol. The molecule has 0 unspecified atom stereocenters. The number of benzene rings is 1. The van der Waals surface area contributed by atoms with E-state index in [0.29, 0.717) is 12.0 Å². The molecule has 1 fully saturated rings. The van der Waals surface area contributed by atoms with Gasteiger partial charge in [-0.15, -0.1) is 0 Å². The smallest absolute Gasteiger partial charge is 0.248 e. The largest absolute Gasteiger partial charge is 0.387 e. The van der Waals surface area contributed by atoms with Crippen molar-refractivity contribution in [3.05, 3.63) is 29.8 Å². The minimum absolute atomic E-state index is 0.152. The van der Waals surface area contributed by atoms with Gasteiger partial charge in [-0.25, -0.2) is 0 Å². The average Bonchev–Trinajstić information content (AvgIpc) is 2.72. The van der Waals surface area contributed by atoms with E-state index in [2.05, 4.69) is 36.2 Å². The van der Waals surface area contributed by atoms with Gasteiger partial charge in [0.25, 0.3) is 0 Å². The molecule has 1 saturated heterocycles. The zero-order valence-electron chi connectivity index (χ0n) is 10.5. The van der Waals surface area contributed by atoms with E-state index in [-0.39, 0.29) is 12.5 Å². The van der Waals surface area contributed by atoms with E-state index in [4.69, 9.17) is 5.11 Å². The number of hydrogen-bond donors (Lipinski definition) is 1. The van der Waals surface area contributed by atoms with Gasteiger partial charge in [-0.2, -0.15) is 0 Å². The zero-order valence-corrected chi connectivity index (χ0v) is 10.5. The molecule has 1 aromatic rings. The van der Waals surface area contributed by atoms with Crippen molar-refractivity contribution in [3.63, 3.8) is 0 Å². The zero-order chi connectivity index (χ0) is 12.7. The Morgan fingerprint density at radius 3 is 3.00 bits per heavy atom. The summed E-state index contributed by atoms with van der Waals surface area (Å²) >= 11 is 0. The lowest BCUT2D eigenvalue weighted by atomic mass is 9.89. The number of aliphatic hydroxyl groups is 1. The van der Waals surface area contributed by atoms with E-state index in [1.165, 1.54) is 11.3 Å². The molecule has 1 aromatic carbocycles. The molecule has 2 aliphatic heterocycles. The second kappa shape index (κ2) is 4.28. The van der Waals surface area contributed by atoms with Gasteiger partial charge < -0.3 is 14.9 Å². The number of hydrogen-bond acceptors (Lipinski definition) is 3. The van der Waals surface area contributed by atoms with Gasteiger partial charge in [-0.05, 0) is 18.1 Å². The molecule has 4 nitrogen and oxygen atoms in total. The van der Waals surface area contributed by atoms with E-state index in [1.807, 2.05) is 0 Å². The summed E-state index contributed by atoms with van der Waals surface area (Å²) in [5.41, 5.74) is 2.62. The third-order valence-electron chi connectivity index (χ3n) is 4.28. The first-order chi connectivity index (χ1) is 8.72. The van der Waals surface area contributed by atoms with Gasteiger partial charge >= 0.3 is 0 Å². The first-order valence-electron chi connectivity index (χ1n) is 6.42. The lowest BCUT2D eigenvalue weighted by molar-refractivity contribution is -0.135. The maximum Gasteiger partial charge on any atom is 0.248 e. The van der Waals surface area contributed by atoms with Crippen LogP contribution in [-0.4, -0.2) is 48.7 Å². The molecule has 4 heteroatoms. The molecular formula is C14H18N2O2. The Labute approximate surface area is 107 Å². The van der Waals surface area contributed by atoms with Gasteiger partial charge in [0.1, 0.15) is 6.61 Å². The highest BCUT2D eigenvalue weighted by Crippen LogP contribution is 2.43. The Morgan fingerprint density at radius 1 is 1.44 bits per heavy atom. The summed E-state index contributed by atoms with van der Waals surface area (Å²) in [6.07, 6.45) is 0.974. The molecule has 2 aliphatic rings. The fraction of sp³-hybridized carbons (Fsp3) is 0.500. The molecule has 0 saturated carbocycles. The Bertz CT molecular complexity index is 475. The highest BCUT2D eigenvalue weighted by molar-refractivity contribution is 5.77. The van der Waals surface area contributed by atoms with Crippen LogP contribution in [0, 0.1) is 0 Å². The highest BCUT2D eigenvalue weighted by atomic mass is 16.3. The quantitative estimate of drug-likeness (QED) is 0.797. The molecule has 0 aromatic heterocycles. The molecule has 3 rings (SSSR count). The van der Waals surface area contributed by atoms with Crippen LogP contribution in [0.4, 0.5) is 5.69 Å². The summed E-state index contributed by atoms with van der Waals surface area (Å²) in [5.74, 6) is 0.232. The van der Waals surface area contributed by atoms with Crippen molar-refractivity contribution >= 4 is 11.6 Å². The highest BCUT2D eigenvalue weighted by Gasteiger charge is 2.40. The minimum atomic E-state index is -0.380. The van der Waals surface area contributed by atoms with E-state index in [1.54, 1.807) is 4.90 Å². The van der Waals surface area contributed by atoms with E-state index in [0.717, 1.165) is 19.5 Å². The number of fused-ring (bicyclic) bond motifs is 3. The fourth-order valence-corrected chi connectivity index (χ4v) is 3.34. The van der Waals surface area contributed by atoms with Crippen LogP contribution < -0.4 is 4.90 Å². The number of piperidine rings is 1. The number of rotatable bonds is 1. The van der Waals surface area contributed by atoms with Crippen LogP contribution in [0.25, 0.3) is 0 Å². The molecule has 1 amide bonds. The van der Waals surface area contributed by atoms with E-state index in [9.17, 15) is 4.79 Å². The Morgan fingerprint density at radius 2 is 2.22 bits per heavy atom.